The number of urea groups is 1. The van der Waals surface area contributed by atoms with Crippen molar-refractivity contribution >= 4 is 11.7 Å². The standard InChI is InChI=1S/C24H32FN3O/c1-3-8-19(2)27-15-13-23(14-16-27)28(18-20-9-5-4-6-10-20)24(29)26-22-12-7-11-21(25)17-22/h4-7,9-12,17,19,23H,3,8,13-16,18H2,1-2H3,(H,26,29). The van der Waals surface area contributed by atoms with Crippen LogP contribution in [0.4, 0.5) is 14.9 Å². The van der Waals surface area contributed by atoms with Gasteiger partial charge in [0.2, 0.25) is 0 Å². The Labute approximate surface area is 173 Å². The maximum atomic E-state index is 13.5. The van der Waals surface area contributed by atoms with E-state index in [1.54, 1.807) is 12.1 Å². The van der Waals surface area contributed by atoms with Gasteiger partial charge < -0.3 is 15.1 Å². The zero-order chi connectivity index (χ0) is 20.6. The van der Waals surface area contributed by atoms with E-state index < -0.39 is 0 Å². The van der Waals surface area contributed by atoms with Gasteiger partial charge in [-0.3, -0.25) is 0 Å². The van der Waals surface area contributed by atoms with Gasteiger partial charge >= 0.3 is 6.03 Å². The van der Waals surface area contributed by atoms with Crippen LogP contribution in [0.3, 0.4) is 0 Å². The van der Waals surface area contributed by atoms with E-state index in [4.69, 9.17) is 0 Å². The van der Waals surface area contributed by atoms with Crippen LogP contribution in [0.25, 0.3) is 0 Å². The van der Waals surface area contributed by atoms with E-state index in [1.165, 1.54) is 25.0 Å². The molecule has 1 unspecified atom stereocenters. The Morgan fingerprint density at radius 1 is 1.17 bits per heavy atom. The molecule has 0 radical (unpaired) electrons. The SMILES string of the molecule is CCCC(C)N1CCC(N(Cc2ccccc2)C(=O)Nc2cccc(F)c2)CC1. The Balaban J connectivity index is 1.70. The van der Waals surface area contributed by atoms with Gasteiger partial charge in [0.15, 0.2) is 0 Å². The van der Waals surface area contributed by atoms with E-state index in [9.17, 15) is 9.18 Å². The Kier molecular flexibility index (Phi) is 7.64. The zero-order valence-electron chi connectivity index (χ0n) is 17.5. The number of anilines is 1. The van der Waals surface area contributed by atoms with Gasteiger partial charge in [0.25, 0.3) is 0 Å². The van der Waals surface area contributed by atoms with Gasteiger partial charge in [0, 0.05) is 37.4 Å². The van der Waals surface area contributed by atoms with Crippen LogP contribution in [0.2, 0.25) is 0 Å². The van der Waals surface area contributed by atoms with Crippen molar-refractivity contribution < 1.29 is 9.18 Å². The predicted octanol–water partition coefficient (Wildman–Crippen LogP) is 5.51. The third-order valence-electron chi connectivity index (χ3n) is 5.80. The smallest absolute Gasteiger partial charge is 0.317 e. The van der Waals surface area contributed by atoms with Crippen molar-refractivity contribution in [3.8, 4) is 0 Å². The third kappa shape index (κ3) is 6.04. The first-order valence-electron chi connectivity index (χ1n) is 10.7. The van der Waals surface area contributed by atoms with E-state index in [-0.39, 0.29) is 17.9 Å². The molecule has 0 aromatic heterocycles. The second kappa shape index (κ2) is 10.4. The second-order valence-electron chi connectivity index (χ2n) is 7.96. The maximum Gasteiger partial charge on any atom is 0.322 e. The Morgan fingerprint density at radius 3 is 2.55 bits per heavy atom. The number of halogens is 1. The number of hydrogen-bond acceptors (Lipinski definition) is 2. The highest BCUT2D eigenvalue weighted by Crippen LogP contribution is 2.23. The molecule has 0 saturated carbocycles. The highest BCUT2D eigenvalue weighted by Gasteiger charge is 2.29. The van der Waals surface area contributed by atoms with Crippen LogP contribution in [0.1, 0.15) is 45.1 Å². The largest absolute Gasteiger partial charge is 0.322 e. The lowest BCUT2D eigenvalue weighted by atomic mass is 10.00. The number of likely N-dealkylation sites (tertiary alicyclic amines) is 1. The van der Waals surface area contributed by atoms with Crippen LogP contribution in [0.15, 0.2) is 54.6 Å². The van der Waals surface area contributed by atoms with Gasteiger partial charge in [-0.2, -0.15) is 0 Å². The minimum Gasteiger partial charge on any atom is -0.317 e. The lowest BCUT2D eigenvalue weighted by Gasteiger charge is -2.40. The number of hydrogen-bond donors (Lipinski definition) is 1. The first kappa shape index (κ1) is 21.3. The molecule has 0 bridgehead atoms. The van der Waals surface area contributed by atoms with E-state index in [0.29, 0.717) is 18.3 Å². The molecule has 0 spiro atoms. The van der Waals surface area contributed by atoms with Crippen molar-refractivity contribution in [2.75, 3.05) is 18.4 Å². The van der Waals surface area contributed by atoms with Gasteiger partial charge in [-0.1, -0.05) is 49.7 Å². The molecule has 156 valence electrons. The van der Waals surface area contributed by atoms with E-state index in [0.717, 1.165) is 31.5 Å². The summed E-state index contributed by atoms with van der Waals surface area (Å²) in [7, 11) is 0. The van der Waals surface area contributed by atoms with Crippen molar-refractivity contribution in [1.29, 1.82) is 0 Å². The molecule has 1 aliphatic heterocycles. The predicted molar refractivity (Wildman–Crippen MR) is 116 cm³/mol. The minimum absolute atomic E-state index is 0.167. The van der Waals surface area contributed by atoms with Crippen LogP contribution in [-0.2, 0) is 6.54 Å². The number of nitrogens with one attached hydrogen (secondary N) is 1. The second-order valence-corrected chi connectivity index (χ2v) is 7.96. The summed E-state index contributed by atoms with van der Waals surface area (Å²) in [6.07, 6.45) is 4.31. The van der Waals surface area contributed by atoms with Crippen molar-refractivity contribution in [3.05, 3.63) is 66.0 Å². The number of carbonyl (C=O) groups excluding carboxylic acids is 1. The molecule has 1 saturated heterocycles. The molecule has 1 fully saturated rings. The molecule has 2 aromatic carbocycles. The van der Waals surface area contributed by atoms with Crippen molar-refractivity contribution in [2.24, 2.45) is 0 Å². The third-order valence-corrected chi connectivity index (χ3v) is 5.80. The Hall–Kier alpha value is -2.40. The van der Waals surface area contributed by atoms with Crippen LogP contribution in [-0.4, -0.2) is 41.0 Å². The summed E-state index contributed by atoms with van der Waals surface area (Å²) in [5.41, 5.74) is 1.59. The normalized spacial score (nSPS) is 16.4. The summed E-state index contributed by atoms with van der Waals surface area (Å²) in [6.45, 7) is 7.08. The molecule has 1 N–H and O–H groups in total. The summed E-state index contributed by atoms with van der Waals surface area (Å²) in [5, 5.41) is 2.89. The van der Waals surface area contributed by atoms with Gasteiger partial charge in [-0.05, 0) is 49.9 Å². The monoisotopic (exact) mass is 397 g/mol. The van der Waals surface area contributed by atoms with E-state index in [1.807, 2.05) is 35.2 Å². The summed E-state index contributed by atoms with van der Waals surface area (Å²) < 4.78 is 13.5. The topological polar surface area (TPSA) is 35.6 Å². The fraction of sp³-hybridized carbons (Fsp3) is 0.458. The van der Waals surface area contributed by atoms with Crippen LogP contribution >= 0.6 is 0 Å². The molecule has 0 aliphatic carbocycles. The number of carbonyl (C=O) groups is 1. The van der Waals surface area contributed by atoms with Crippen molar-refractivity contribution in [2.45, 2.75) is 58.2 Å². The minimum atomic E-state index is -0.351. The number of rotatable bonds is 7. The molecule has 1 aliphatic rings. The zero-order valence-corrected chi connectivity index (χ0v) is 17.5. The molecule has 2 amide bonds. The molecule has 1 atom stereocenters. The van der Waals surface area contributed by atoms with Crippen LogP contribution in [0, 0.1) is 5.82 Å². The van der Waals surface area contributed by atoms with Gasteiger partial charge in [0.05, 0.1) is 0 Å². The number of piperidine rings is 1. The summed E-state index contributed by atoms with van der Waals surface area (Å²) >= 11 is 0. The molecule has 29 heavy (non-hydrogen) atoms. The maximum absolute atomic E-state index is 13.5. The lowest BCUT2D eigenvalue weighted by molar-refractivity contribution is 0.0989. The Bertz CT molecular complexity index is 775. The highest BCUT2D eigenvalue weighted by molar-refractivity contribution is 5.89. The quantitative estimate of drug-likeness (QED) is 0.668. The molecule has 4 nitrogen and oxygen atoms in total. The highest BCUT2D eigenvalue weighted by atomic mass is 19.1. The van der Waals surface area contributed by atoms with Crippen LogP contribution < -0.4 is 5.32 Å². The van der Waals surface area contributed by atoms with Crippen molar-refractivity contribution in [1.82, 2.24) is 9.80 Å². The van der Waals surface area contributed by atoms with E-state index >= 15 is 0 Å². The molecular formula is C24H32FN3O. The van der Waals surface area contributed by atoms with Crippen LogP contribution in [0.5, 0.6) is 0 Å². The number of amides is 2. The first-order chi connectivity index (χ1) is 14.1. The van der Waals surface area contributed by atoms with Gasteiger partial charge in [-0.15, -0.1) is 0 Å². The first-order valence-corrected chi connectivity index (χ1v) is 10.7. The fourth-order valence-corrected chi connectivity index (χ4v) is 4.15. The van der Waals surface area contributed by atoms with Crippen molar-refractivity contribution in [3.63, 3.8) is 0 Å². The summed E-state index contributed by atoms with van der Waals surface area (Å²) in [6, 6.07) is 16.7. The van der Waals surface area contributed by atoms with E-state index in [2.05, 4.69) is 24.1 Å². The van der Waals surface area contributed by atoms with Gasteiger partial charge in [0.1, 0.15) is 5.82 Å². The Morgan fingerprint density at radius 2 is 1.90 bits per heavy atom. The summed E-state index contributed by atoms with van der Waals surface area (Å²) in [5.74, 6) is -0.351. The average Bonchev–Trinajstić information content (AvgIpc) is 2.73. The molecular weight excluding hydrogens is 365 g/mol. The fourth-order valence-electron chi connectivity index (χ4n) is 4.15. The lowest BCUT2D eigenvalue weighted by Crippen LogP contribution is -2.50. The number of nitrogens with zero attached hydrogens (tertiary/aromatic N) is 2. The molecule has 1 heterocycles. The summed E-state index contributed by atoms with van der Waals surface area (Å²) in [4.78, 5) is 17.6. The molecule has 2 aromatic rings. The number of benzene rings is 2. The van der Waals surface area contributed by atoms with Gasteiger partial charge in [-0.25, -0.2) is 9.18 Å². The average molecular weight is 398 g/mol. The molecule has 5 heteroatoms. The molecule has 3 rings (SSSR count).